The van der Waals surface area contributed by atoms with Crippen molar-refractivity contribution < 1.29 is 24.3 Å². The summed E-state index contributed by atoms with van der Waals surface area (Å²) in [6.45, 7) is 0. The second kappa shape index (κ2) is 6.13. The highest BCUT2D eigenvalue weighted by Gasteiger charge is 2.31. The van der Waals surface area contributed by atoms with Gasteiger partial charge >= 0.3 is 5.97 Å². The molecule has 2 aromatic carbocycles. The summed E-state index contributed by atoms with van der Waals surface area (Å²) >= 11 is 0. The van der Waals surface area contributed by atoms with Crippen LogP contribution in [0.5, 0.6) is 11.5 Å². The van der Waals surface area contributed by atoms with Crippen LogP contribution < -0.4 is 9.47 Å². The fraction of sp³-hybridized carbons (Fsp3) is 0.133. The third kappa shape index (κ3) is 2.56. The zero-order valence-corrected chi connectivity index (χ0v) is 11.9. The maximum absolute atomic E-state index is 11.4. The molecule has 0 aliphatic heterocycles. The number of hydrogen-bond donors (Lipinski definition) is 1. The van der Waals surface area contributed by atoms with E-state index in [0.717, 1.165) is 6.07 Å². The quantitative estimate of drug-likeness (QED) is 0.673. The molecule has 0 saturated carbocycles. The van der Waals surface area contributed by atoms with Gasteiger partial charge in [-0.05, 0) is 5.56 Å². The molecule has 2 rings (SSSR count). The van der Waals surface area contributed by atoms with Crippen molar-refractivity contribution in [2.45, 2.75) is 0 Å². The summed E-state index contributed by atoms with van der Waals surface area (Å²) in [6.07, 6.45) is 0. The van der Waals surface area contributed by atoms with Crippen LogP contribution in [0.25, 0.3) is 11.1 Å². The summed E-state index contributed by atoms with van der Waals surface area (Å²) in [4.78, 5) is 22.1. The number of nitro groups is 1. The topological polar surface area (TPSA) is 98.9 Å². The number of benzene rings is 2. The van der Waals surface area contributed by atoms with Gasteiger partial charge in [-0.2, -0.15) is 0 Å². The monoisotopic (exact) mass is 303 g/mol. The van der Waals surface area contributed by atoms with Crippen molar-refractivity contribution in [1.82, 2.24) is 0 Å². The van der Waals surface area contributed by atoms with E-state index >= 15 is 0 Å². The average Bonchev–Trinajstić information content (AvgIpc) is 2.53. The Balaban J connectivity index is 2.96. The van der Waals surface area contributed by atoms with Crippen molar-refractivity contribution in [2.75, 3.05) is 14.2 Å². The zero-order chi connectivity index (χ0) is 16.3. The highest BCUT2D eigenvalue weighted by molar-refractivity contribution is 5.99. The van der Waals surface area contributed by atoms with Crippen LogP contribution in [-0.4, -0.2) is 30.2 Å². The molecule has 0 spiro atoms. The number of nitro benzene ring substituents is 1. The molecule has 0 aliphatic rings. The van der Waals surface area contributed by atoms with Gasteiger partial charge in [0.1, 0.15) is 11.1 Å². The lowest BCUT2D eigenvalue weighted by Crippen LogP contribution is -2.07. The Morgan fingerprint density at radius 2 is 1.82 bits per heavy atom. The molecular weight excluding hydrogens is 290 g/mol. The van der Waals surface area contributed by atoms with E-state index in [1.54, 1.807) is 30.3 Å². The number of carboxylic acids is 1. The first-order chi connectivity index (χ1) is 10.5. The summed E-state index contributed by atoms with van der Waals surface area (Å²) in [5, 5.41) is 20.7. The normalized spacial score (nSPS) is 10.1. The number of rotatable bonds is 5. The first-order valence-electron chi connectivity index (χ1n) is 6.23. The van der Waals surface area contributed by atoms with E-state index < -0.39 is 22.1 Å². The molecule has 7 nitrogen and oxygen atoms in total. The van der Waals surface area contributed by atoms with Crippen LogP contribution in [0.1, 0.15) is 10.4 Å². The molecule has 0 aliphatic carbocycles. The Morgan fingerprint density at radius 1 is 1.18 bits per heavy atom. The lowest BCUT2D eigenvalue weighted by molar-refractivity contribution is -0.384. The molecule has 22 heavy (non-hydrogen) atoms. The Kier molecular flexibility index (Phi) is 4.26. The van der Waals surface area contributed by atoms with Crippen LogP contribution in [0.3, 0.4) is 0 Å². The smallest absolute Gasteiger partial charge is 0.342 e. The number of nitrogens with zero attached hydrogens (tertiary/aromatic N) is 1. The van der Waals surface area contributed by atoms with Crippen molar-refractivity contribution in [3.05, 3.63) is 52.1 Å². The van der Waals surface area contributed by atoms with Gasteiger partial charge in [0.05, 0.1) is 19.1 Å². The predicted octanol–water partition coefficient (Wildman–Crippen LogP) is 2.98. The Labute approximate surface area is 125 Å². The van der Waals surface area contributed by atoms with E-state index in [0.29, 0.717) is 5.56 Å². The molecule has 2 aromatic rings. The van der Waals surface area contributed by atoms with E-state index in [4.69, 9.17) is 9.47 Å². The number of ether oxygens (including phenoxy) is 2. The molecule has 0 heterocycles. The average molecular weight is 303 g/mol. The lowest BCUT2D eigenvalue weighted by atomic mass is 9.98. The van der Waals surface area contributed by atoms with Gasteiger partial charge in [0.25, 0.3) is 5.69 Å². The summed E-state index contributed by atoms with van der Waals surface area (Å²) in [5.74, 6) is -1.18. The molecule has 0 unspecified atom stereocenters. The van der Waals surface area contributed by atoms with Crippen LogP contribution >= 0.6 is 0 Å². The summed E-state index contributed by atoms with van der Waals surface area (Å²) in [6, 6.07) is 9.49. The van der Waals surface area contributed by atoms with E-state index in [1.807, 2.05) is 0 Å². The van der Waals surface area contributed by atoms with Crippen molar-refractivity contribution in [1.29, 1.82) is 0 Å². The molecule has 114 valence electrons. The van der Waals surface area contributed by atoms with E-state index in [-0.39, 0.29) is 17.1 Å². The van der Waals surface area contributed by atoms with Crippen molar-refractivity contribution in [3.63, 3.8) is 0 Å². The SMILES string of the molecule is COc1cc(C(=O)O)c([N+](=O)[O-])c(-c2ccccc2)c1OC. The number of carbonyl (C=O) groups is 1. The summed E-state index contributed by atoms with van der Waals surface area (Å²) in [5.41, 5.74) is -0.449. The van der Waals surface area contributed by atoms with Gasteiger partial charge in [-0.3, -0.25) is 10.1 Å². The standard InChI is InChI=1S/C15H13NO6/c1-21-11-8-10(15(17)18)13(16(19)20)12(14(11)22-2)9-6-4-3-5-7-9/h3-8H,1-2H3,(H,17,18). The van der Waals surface area contributed by atoms with Crippen molar-refractivity contribution in [2.24, 2.45) is 0 Å². The predicted molar refractivity (Wildman–Crippen MR) is 78.6 cm³/mol. The third-order valence-electron chi connectivity index (χ3n) is 3.12. The van der Waals surface area contributed by atoms with Crippen LogP contribution in [0.2, 0.25) is 0 Å². The van der Waals surface area contributed by atoms with Crippen molar-refractivity contribution in [3.8, 4) is 22.6 Å². The lowest BCUT2D eigenvalue weighted by Gasteiger charge is -2.15. The minimum Gasteiger partial charge on any atom is -0.493 e. The van der Waals surface area contributed by atoms with E-state index in [2.05, 4.69) is 0 Å². The molecule has 0 fully saturated rings. The molecule has 1 N–H and O–H groups in total. The van der Waals surface area contributed by atoms with E-state index in [1.165, 1.54) is 14.2 Å². The molecule has 0 amide bonds. The molecule has 0 aromatic heterocycles. The van der Waals surface area contributed by atoms with Gasteiger partial charge in [-0.15, -0.1) is 0 Å². The minimum absolute atomic E-state index is 0.0739. The molecule has 0 radical (unpaired) electrons. The number of carboxylic acid groups (broad SMARTS) is 1. The Bertz CT molecular complexity index is 727. The molecule has 7 heteroatoms. The highest BCUT2D eigenvalue weighted by Crippen LogP contribution is 2.46. The largest absolute Gasteiger partial charge is 0.493 e. The van der Waals surface area contributed by atoms with Gasteiger partial charge < -0.3 is 14.6 Å². The van der Waals surface area contributed by atoms with Crippen LogP contribution in [0, 0.1) is 10.1 Å². The maximum atomic E-state index is 11.4. The van der Waals surface area contributed by atoms with E-state index in [9.17, 15) is 20.0 Å². The highest BCUT2D eigenvalue weighted by atomic mass is 16.6. The second-order valence-corrected chi connectivity index (χ2v) is 4.31. The van der Waals surface area contributed by atoms with Gasteiger partial charge in [0.15, 0.2) is 11.5 Å². The van der Waals surface area contributed by atoms with Crippen LogP contribution in [0.4, 0.5) is 5.69 Å². The summed E-state index contributed by atoms with van der Waals surface area (Å²) in [7, 11) is 2.68. The fourth-order valence-corrected chi connectivity index (χ4v) is 2.21. The third-order valence-corrected chi connectivity index (χ3v) is 3.12. The van der Waals surface area contributed by atoms with Gasteiger partial charge in [-0.1, -0.05) is 30.3 Å². The molecule has 0 atom stereocenters. The van der Waals surface area contributed by atoms with Crippen molar-refractivity contribution >= 4 is 11.7 Å². The maximum Gasteiger partial charge on any atom is 0.342 e. The van der Waals surface area contributed by atoms with Gasteiger partial charge in [0, 0.05) is 6.07 Å². The Hall–Kier alpha value is -3.09. The number of aromatic carboxylic acids is 1. The minimum atomic E-state index is -1.41. The van der Waals surface area contributed by atoms with Crippen LogP contribution in [-0.2, 0) is 0 Å². The van der Waals surface area contributed by atoms with Gasteiger partial charge in [0.2, 0.25) is 0 Å². The zero-order valence-electron chi connectivity index (χ0n) is 11.9. The fourth-order valence-electron chi connectivity index (χ4n) is 2.21. The number of methoxy groups -OCH3 is 2. The molecular formula is C15H13NO6. The molecule has 0 bridgehead atoms. The van der Waals surface area contributed by atoms with Crippen LogP contribution in [0.15, 0.2) is 36.4 Å². The Morgan fingerprint density at radius 3 is 2.27 bits per heavy atom. The first-order valence-corrected chi connectivity index (χ1v) is 6.23. The second-order valence-electron chi connectivity index (χ2n) is 4.31. The first kappa shape index (κ1) is 15.3. The summed E-state index contributed by atoms with van der Waals surface area (Å²) < 4.78 is 10.3. The number of hydrogen-bond acceptors (Lipinski definition) is 5. The molecule has 0 saturated heterocycles. The van der Waals surface area contributed by atoms with Gasteiger partial charge in [-0.25, -0.2) is 4.79 Å².